The molecule has 38 heavy (non-hydrogen) atoms. The molecule has 0 aliphatic carbocycles. The number of benzene rings is 2. The first kappa shape index (κ1) is 27.5. The molecule has 0 bridgehead atoms. The van der Waals surface area contributed by atoms with Gasteiger partial charge in [-0.25, -0.2) is 4.79 Å². The highest BCUT2D eigenvalue weighted by Crippen LogP contribution is 2.28. The Kier molecular flexibility index (Phi) is 9.29. The van der Waals surface area contributed by atoms with Gasteiger partial charge in [-0.3, -0.25) is 14.4 Å². The number of carbonyl (C=O) groups excluding carboxylic acids is 3. The molecule has 0 aromatic heterocycles. The lowest BCUT2D eigenvalue weighted by atomic mass is 9.90. The zero-order valence-electron chi connectivity index (χ0n) is 21.7. The standard InChI is InChI=1S/C30H37N3O5/c31-24(18-22-11-5-2-6-12-22)20-25(34)19-23(17-21-9-3-1-4-10-21)28(35)32-15-7-13-26(32)29(36)33-16-8-14-27(33)30(37)38/h1-6,9-12,23-24,26-27H,7-8,13-20,31H2,(H,37,38)/t23-,24+,26+,27+/m0/s1. The van der Waals surface area contributed by atoms with Gasteiger partial charge in [-0.2, -0.15) is 0 Å². The number of ketones is 1. The largest absolute Gasteiger partial charge is 0.480 e. The molecule has 2 heterocycles. The van der Waals surface area contributed by atoms with E-state index in [-0.39, 0.29) is 36.5 Å². The minimum absolute atomic E-state index is 0.0507. The highest BCUT2D eigenvalue weighted by atomic mass is 16.4. The Balaban J connectivity index is 1.46. The van der Waals surface area contributed by atoms with Gasteiger partial charge >= 0.3 is 5.97 Å². The molecule has 0 unspecified atom stereocenters. The molecule has 4 rings (SSSR count). The number of carboxylic acid groups (broad SMARTS) is 1. The average molecular weight is 520 g/mol. The van der Waals surface area contributed by atoms with Crippen molar-refractivity contribution in [1.82, 2.24) is 9.80 Å². The molecule has 8 nitrogen and oxygen atoms in total. The molecule has 8 heteroatoms. The van der Waals surface area contributed by atoms with E-state index in [1.807, 2.05) is 60.7 Å². The molecule has 0 spiro atoms. The number of rotatable bonds is 11. The normalized spacial score (nSPS) is 20.8. The van der Waals surface area contributed by atoms with Crippen LogP contribution in [-0.2, 0) is 32.0 Å². The van der Waals surface area contributed by atoms with Crippen molar-refractivity contribution >= 4 is 23.6 Å². The van der Waals surface area contributed by atoms with E-state index in [9.17, 15) is 24.3 Å². The van der Waals surface area contributed by atoms with Crippen LogP contribution >= 0.6 is 0 Å². The molecule has 2 aliphatic rings. The summed E-state index contributed by atoms with van der Waals surface area (Å²) < 4.78 is 0. The number of likely N-dealkylation sites (tertiary alicyclic amines) is 2. The lowest BCUT2D eigenvalue weighted by molar-refractivity contribution is -0.152. The fraction of sp³-hybridized carbons (Fsp3) is 0.467. The smallest absolute Gasteiger partial charge is 0.326 e. The number of amides is 2. The van der Waals surface area contributed by atoms with Crippen molar-refractivity contribution in [1.29, 1.82) is 0 Å². The van der Waals surface area contributed by atoms with Crippen LogP contribution in [0, 0.1) is 5.92 Å². The molecule has 2 amide bonds. The first-order valence-electron chi connectivity index (χ1n) is 13.5. The Labute approximate surface area is 223 Å². The van der Waals surface area contributed by atoms with E-state index in [4.69, 9.17) is 5.73 Å². The van der Waals surface area contributed by atoms with Gasteiger partial charge in [-0.1, -0.05) is 60.7 Å². The molecular formula is C30H37N3O5. The molecular weight excluding hydrogens is 482 g/mol. The van der Waals surface area contributed by atoms with Crippen LogP contribution in [0.1, 0.15) is 49.7 Å². The van der Waals surface area contributed by atoms with Crippen LogP contribution in [0.3, 0.4) is 0 Å². The highest BCUT2D eigenvalue weighted by Gasteiger charge is 2.43. The van der Waals surface area contributed by atoms with Crippen molar-refractivity contribution in [3.8, 4) is 0 Å². The van der Waals surface area contributed by atoms with Crippen molar-refractivity contribution in [2.75, 3.05) is 13.1 Å². The number of Topliss-reactive ketones (excluding diaryl/α,β-unsaturated/α-hetero) is 1. The van der Waals surface area contributed by atoms with Gasteiger partial charge in [0.25, 0.3) is 0 Å². The number of aliphatic carboxylic acids is 1. The predicted octanol–water partition coefficient (Wildman–Crippen LogP) is 2.83. The van der Waals surface area contributed by atoms with Gasteiger partial charge in [0.15, 0.2) is 0 Å². The third-order valence-electron chi connectivity index (χ3n) is 7.62. The van der Waals surface area contributed by atoms with Crippen LogP contribution in [0.15, 0.2) is 60.7 Å². The first-order chi connectivity index (χ1) is 18.3. The number of nitrogens with two attached hydrogens (primary N) is 1. The summed E-state index contributed by atoms with van der Waals surface area (Å²) in [6, 6.07) is 17.5. The SMILES string of the molecule is N[C@@H](CC(=O)C[C@H](Cc1ccccc1)C(=O)N1CCC[C@@H]1C(=O)N1CCC[C@@H]1C(=O)O)Cc1ccccc1. The van der Waals surface area contributed by atoms with Crippen LogP contribution in [0.25, 0.3) is 0 Å². The summed E-state index contributed by atoms with van der Waals surface area (Å²) in [5.41, 5.74) is 8.29. The van der Waals surface area contributed by atoms with Gasteiger partial charge in [-0.05, 0) is 49.7 Å². The lowest BCUT2D eigenvalue weighted by Gasteiger charge is -2.32. The molecule has 202 valence electrons. The van der Waals surface area contributed by atoms with Crippen LogP contribution in [0.5, 0.6) is 0 Å². The zero-order valence-corrected chi connectivity index (χ0v) is 21.7. The zero-order chi connectivity index (χ0) is 27.1. The van der Waals surface area contributed by atoms with Crippen molar-refractivity contribution in [2.24, 2.45) is 11.7 Å². The molecule has 3 N–H and O–H groups in total. The predicted molar refractivity (Wildman–Crippen MR) is 143 cm³/mol. The van der Waals surface area contributed by atoms with Gasteiger partial charge in [0.2, 0.25) is 11.8 Å². The van der Waals surface area contributed by atoms with Crippen LogP contribution in [0.4, 0.5) is 0 Å². The summed E-state index contributed by atoms with van der Waals surface area (Å²) in [4.78, 5) is 55.0. The highest BCUT2D eigenvalue weighted by molar-refractivity contribution is 5.93. The van der Waals surface area contributed by atoms with Crippen LogP contribution < -0.4 is 5.73 Å². The van der Waals surface area contributed by atoms with Crippen molar-refractivity contribution in [3.63, 3.8) is 0 Å². The molecule has 0 saturated carbocycles. The molecule has 0 radical (unpaired) electrons. The van der Waals surface area contributed by atoms with Crippen LogP contribution in [0.2, 0.25) is 0 Å². The van der Waals surface area contributed by atoms with Crippen LogP contribution in [-0.4, -0.2) is 69.7 Å². The minimum Gasteiger partial charge on any atom is -0.480 e. The maximum absolute atomic E-state index is 13.9. The van der Waals surface area contributed by atoms with E-state index in [2.05, 4.69) is 0 Å². The summed E-state index contributed by atoms with van der Waals surface area (Å²) >= 11 is 0. The van der Waals surface area contributed by atoms with E-state index in [0.717, 1.165) is 11.1 Å². The van der Waals surface area contributed by atoms with E-state index in [0.29, 0.717) is 51.6 Å². The van der Waals surface area contributed by atoms with Crippen molar-refractivity contribution in [3.05, 3.63) is 71.8 Å². The Morgan fingerprint density at radius 3 is 1.95 bits per heavy atom. The van der Waals surface area contributed by atoms with Crippen molar-refractivity contribution < 1.29 is 24.3 Å². The second-order valence-corrected chi connectivity index (χ2v) is 10.5. The third-order valence-corrected chi connectivity index (χ3v) is 7.62. The number of carbonyl (C=O) groups is 4. The van der Waals surface area contributed by atoms with Gasteiger partial charge in [-0.15, -0.1) is 0 Å². The lowest BCUT2D eigenvalue weighted by Crippen LogP contribution is -2.52. The Hall–Kier alpha value is -3.52. The summed E-state index contributed by atoms with van der Waals surface area (Å²) in [5.74, 6) is -2.21. The van der Waals surface area contributed by atoms with E-state index in [1.54, 1.807) is 4.90 Å². The maximum Gasteiger partial charge on any atom is 0.326 e. The molecule has 2 fully saturated rings. The maximum atomic E-state index is 13.9. The number of hydrogen-bond acceptors (Lipinski definition) is 5. The topological polar surface area (TPSA) is 121 Å². The summed E-state index contributed by atoms with van der Waals surface area (Å²) in [6.45, 7) is 0.813. The molecule has 2 aromatic carbocycles. The first-order valence-corrected chi connectivity index (χ1v) is 13.5. The van der Waals surface area contributed by atoms with E-state index < -0.39 is 24.0 Å². The fourth-order valence-electron chi connectivity index (χ4n) is 5.79. The average Bonchev–Trinajstić information content (AvgIpc) is 3.59. The number of nitrogens with zero attached hydrogens (tertiary/aromatic N) is 2. The Morgan fingerprint density at radius 1 is 0.789 bits per heavy atom. The fourth-order valence-corrected chi connectivity index (χ4v) is 5.79. The van der Waals surface area contributed by atoms with Gasteiger partial charge in [0.1, 0.15) is 17.9 Å². The summed E-state index contributed by atoms with van der Waals surface area (Å²) in [7, 11) is 0. The second kappa shape index (κ2) is 12.8. The number of hydrogen-bond donors (Lipinski definition) is 2. The Bertz CT molecular complexity index is 1120. The quantitative estimate of drug-likeness (QED) is 0.471. The van der Waals surface area contributed by atoms with Crippen molar-refractivity contribution in [2.45, 2.75) is 69.5 Å². The molecule has 2 aromatic rings. The molecule has 2 saturated heterocycles. The monoisotopic (exact) mass is 519 g/mol. The Morgan fingerprint density at radius 2 is 1.34 bits per heavy atom. The van der Waals surface area contributed by atoms with E-state index in [1.165, 1.54) is 4.90 Å². The summed E-state index contributed by atoms with van der Waals surface area (Å²) in [6.07, 6.45) is 3.42. The van der Waals surface area contributed by atoms with Gasteiger partial charge in [0, 0.05) is 37.9 Å². The van der Waals surface area contributed by atoms with Gasteiger partial charge < -0.3 is 20.6 Å². The van der Waals surface area contributed by atoms with E-state index >= 15 is 0 Å². The minimum atomic E-state index is -1.01. The van der Waals surface area contributed by atoms with Gasteiger partial charge in [0.05, 0.1) is 0 Å². The number of carboxylic acids is 1. The third kappa shape index (κ3) is 6.86. The second-order valence-electron chi connectivity index (χ2n) is 10.5. The molecule has 2 aliphatic heterocycles. The molecule has 4 atom stereocenters. The summed E-state index contributed by atoms with van der Waals surface area (Å²) in [5, 5.41) is 9.54.